The van der Waals surface area contributed by atoms with Gasteiger partial charge in [0, 0.05) is 11.9 Å². The molecule has 6 nitrogen and oxygen atoms in total. The maximum absolute atomic E-state index is 11.4. The van der Waals surface area contributed by atoms with Gasteiger partial charge in [-0.25, -0.2) is 9.78 Å². The third kappa shape index (κ3) is 4.96. The fraction of sp³-hybridized carbons (Fsp3) is 0.364. The second-order valence-electron chi connectivity index (χ2n) is 3.26. The highest BCUT2D eigenvalue weighted by Crippen LogP contribution is 2.15. The Labute approximate surface area is 109 Å². The van der Waals surface area contributed by atoms with Gasteiger partial charge in [0.1, 0.15) is 0 Å². The van der Waals surface area contributed by atoms with Crippen LogP contribution in [0, 0.1) is 0 Å². The lowest BCUT2D eigenvalue weighted by Gasteiger charge is -2.01. The molecule has 1 aromatic rings. The van der Waals surface area contributed by atoms with Crippen molar-refractivity contribution >= 4 is 28.5 Å². The average molecular weight is 269 g/mol. The SMILES string of the molecule is C=CCNC(=O)Cc1csc(NC(=O)OCC)n1. The van der Waals surface area contributed by atoms with Crippen molar-refractivity contribution in [2.75, 3.05) is 18.5 Å². The lowest BCUT2D eigenvalue weighted by Crippen LogP contribution is -2.25. The molecule has 2 N–H and O–H groups in total. The van der Waals surface area contributed by atoms with Crippen LogP contribution in [0.4, 0.5) is 9.93 Å². The zero-order chi connectivity index (χ0) is 13.4. The molecule has 0 saturated heterocycles. The number of thiazole rings is 1. The molecule has 0 spiro atoms. The number of anilines is 1. The van der Waals surface area contributed by atoms with Crippen LogP contribution in [0.15, 0.2) is 18.0 Å². The molecule has 0 unspecified atom stereocenters. The minimum atomic E-state index is -0.547. The van der Waals surface area contributed by atoms with E-state index in [-0.39, 0.29) is 12.3 Å². The Balaban J connectivity index is 2.45. The molecule has 0 bridgehead atoms. The highest BCUT2D eigenvalue weighted by atomic mass is 32.1. The molecular weight excluding hydrogens is 254 g/mol. The van der Waals surface area contributed by atoms with Gasteiger partial charge in [0.25, 0.3) is 0 Å². The molecule has 1 heterocycles. The molecule has 0 fully saturated rings. The molecule has 18 heavy (non-hydrogen) atoms. The summed E-state index contributed by atoms with van der Waals surface area (Å²) in [4.78, 5) is 26.6. The highest BCUT2D eigenvalue weighted by molar-refractivity contribution is 7.13. The predicted octanol–water partition coefficient (Wildman–Crippen LogP) is 1.56. The number of carbonyl (C=O) groups is 2. The first kappa shape index (κ1) is 14.2. The lowest BCUT2D eigenvalue weighted by molar-refractivity contribution is -0.120. The summed E-state index contributed by atoms with van der Waals surface area (Å²) >= 11 is 1.25. The summed E-state index contributed by atoms with van der Waals surface area (Å²) in [5, 5.41) is 7.26. The van der Waals surface area contributed by atoms with Crippen molar-refractivity contribution < 1.29 is 14.3 Å². The van der Waals surface area contributed by atoms with E-state index in [2.05, 4.69) is 22.2 Å². The fourth-order valence-corrected chi connectivity index (χ4v) is 1.81. The maximum Gasteiger partial charge on any atom is 0.413 e. The Morgan fingerprint density at radius 2 is 2.39 bits per heavy atom. The minimum Gasteiger partial charge on any atom is -0.450 e. The molecule has 0 saturated carbocycles. The number of ether oxygens (including phenoxy) is 1. The van der Waals surface area contributed by atoms with Crippen LogP contribution in [0.5, 0.6) is 0 Å². The van der Waals surface area contributed by atoms with E-state index in [0.29, 0.717) is 24.0 Å². The number of hydrogen-bond acceptors (Lipinski definition) is 5. The summed E-state index contributed by atoms with van der Waals surface area (Å²) in [7, 11) is 0. The average Bonchev–Trinajstić information content (AvgIpc) is 2.74. The molecular formula is C11H15N3O3S. The Morgan fingerprint density at radius 1 is 1.61 bits per heavy atom. The van der Waals surface area contributed by atoms with E-state index in [0.717, 1.165) is 0 Å². The van der Waals surface area contributed by atoms with E-state index in [1.807, 2.05) is 0 Å². The summed E-state index contributed by atoms with van der Waals surface area (Å²) in [5.74, 6) is -0.136. The standard InChI is InChI=1S/C11H15N3O3S/c1-3-5-12-9(15)6-8-7-18-10(13-8)14-11(16)17-4-2/h3,7H,1,4-6H2,2H3,(H,12,15)(H,13,14,16). The summed E-state index contributed by atoms with van der Waals surface area (Å²) in [6.07, 6.45) is 1.23. The zero-order valence-electron chi connectivity index (χ0n) is 10.1. The first-order valence-electron chi connectivity index (χ1n) is 5.41. The van der Waals surface area contributed by atoms with Gasteiger partial charge < -0.3 is 10.1 Å². The third-order valence-corrected chi connectivity index (χ3v) is 2.63. The molecule has 0 aliphatic carbocycles. The van der Waals surface area contributed by atoms with Crippen LogP contribution in [0.25, 0.3) is 0 Å². The number of nitrogens with one attached hydrogen (secondary N) is 2. The van der Waals surface area contributed by atoms with Crippen LogP contribution in [0.1, 0.15) is 12.6 Å². The largest absolute Gasteiger partial charge is 0.450 e. The maximum atomic E-state index is 11.4. The molecule has 7 heteroatoms. The molecule has 0 atom stereocenters. The van der Waals surface area contributed by atoms with Crippen LogP contribution >= 0.6 is 11.3 Å². The van der Waals surface area contributed by atoms with Gasteiger partial charge in [0.15, 0.2) is 5.13 Å². The predicted molar refractivity (Wildman–Crippen MR) is 69.7 cm³/mol. The number of nitrogens with zero attached hydrogens (tertiary/aromatic N) is 1. The Kier molecular flexibility index (Phi) is 5.86. The van der Waals surface area contributed by atoms with Gasteiger partial charge in [-0.05, 0) is 6.92 Å². The number of amides is 2. The smallest absolute Gasteiger partial charge is 0.413 e. The number of carbonyl (C=O) groups excluding carboxylic acids is 2. The van der Waals surface area contributed by atoms with E-state index < -0.39 is 6.09 Å². The quantitative estimate of drug-likeness (QED) is 0.768. The molecule has 0 aromatic carbocycles. The van der Waals surface area contributed by atoms with Gasteiger partial charge in [-0.15, -0.1) is 17.9 Å². The van der Waals surface area contributed by atoms with Gasteiger partial charge in [0.2, 0.25) is 5.91 Å². The normalized spacial score (nSPS) is 9.61. The van der Waals surface area contributed by atoms with Crippen LogP contribution in [-0.2, 0) is 16.0 Å². The van der Waals surface area contributed by atoms with Crippen molar-refractivity contribution in [1.29, 1.82) is 0 Å². The Bertz CT molecular complexity index is 431. The number of aromatic nitrogens is 1. The van der Waals surface area contributed by atoms with E-state index in [4.69, 9.17) is 4.74 Å². The zero-order valence-corrected chi connectivity index (χ0v) is 10.9. The van der Waals surface area contributed by atoms with Crippen molar-refractivity contribution in [2.45, 2.75) is 13.3 Å². The Morgan fingerprint density at radius 3 is 3.06 bits per heavy atom. The van der Waals surface area contributed by atoms with Gasteiger partial charge in [-0.1, -0.05) is 6.08 Å². The number of hydrogen-bond donors (Lipinski definition) is 2. The van der Waals surface area contributed by atoms with Crippen molar-refractivity contribution in [2.24, 2.45) is 0 Å². The van der Waals surface area contributed by atoms with E-state index >= 15 is 0 Å². The second-order valence-corrected chi connectivity index (χ2v) is 4.12. The van der Waals surface area contributed by atoms with Gasteiger partial charge in [0.05, 0.1) is 18.7 Å². The molecule has 1 aromatic heterocycles. The second kappa shape index (κ2) is 7.44. The van der Waals surface area contributed by atoms with Gasteiger partial charge in [-0.3, -0.25) is 10.1 Å². The van der Waals surface area contributed by atoms with E-state index in [1.54, 1.807) is 18.4 Å². The Hall–Kier alpha value is -1.89. The van der Waals surface area contributed by atoms with Crippen molar-refractivity contribution in [3.8, 4) is 0 Å². The van der Waals surface area contributed by atoms with Crippen LogP contribution in [0.2, 0.25) is 0 Å². The monoisotopic (exact) mass is 269 g/mol. The van der Waals surface area contributed by atoms with Crippen molar-refractivity contribution in [1.82, 2.24) is 10.3 Å². The molecule has 2 amide bonds. The van der Waals surface area contributed by atoms with Crippen molar-refractivity contribution in [3.63, 3.8) is 0 Å². The first-order chi connectivity index (χ1) is 8.65. The van der Waals surface area contributed by atoms with E-state index in [9.17, 15) is 9.59 Å². The molecule has 0 aliphatic heterocycles. The fourth-order valence-electron chi connectivity index (χ4n) is 1.11. The summed E-state index contributed by atoms with van der Waals surface area (Å²) < 4.78 is 4.72. The summed E-state index contributed by atoms with van der Waals surface area (Å²) in [6, 6.07) is 0. The minimum absolute atomic E-state index is 0.136. The highest BCUT2D eigenvalue weighted by Gasteiger charge is 2.09. The van der Waals surface area contributed by atoms with Gasteiger partial charge in [-0.2, -0.15) is 0 Å². The summed E-state index contributed by atoms with van der Waals surface area (Å²) in [6.45, 7) is 5.95. The first-order valence-corrected chi connectivity index (χ1v) is 6.29. The topological polar surface area (TPSA) is 80.3 Å². The number of rotatable bonds is 6. The lowest BCUT2D eigenvalue weighted by atomic mass is 10.3. The van der Waals surface area contributed by atoms with Gasteiger partial charge >= 0.3 is 6.09 Å². The third-order valence-electron chi connectivity index (χ3n) is 1.82. The molecule has 1 rings (SSSR count). The molecule has 98 valence electrons. The van der Waals surface area contributed by atoms with Crippen LogP contribution in [-0.4, -0.2) is 30.1 Å². The van der Waals surface area contributed by atoms with Crippen LogP contribution < -0.4 is 10.6 Å². The molecule has 0 radical (unpaired) electrons. The van der Waals surface area contributed by atoms with E-state index in [1.165, 1.54) is 11.3 Å². The van der Waals surface area contributed by atoms with Crippen molar-refractivity contribution in [3.05, 3.63) is 23.7 Å². The van der Waals surface area contributed by atoms with Crippen LogP contribution in [0.3, 0.4) is 0 Å². The molecule has 0 aliphatic rings. The summed E-state index contributed by atoms with van der Waals surface area (Å²) in [5.41, 5.74) is 0.605.